The molecule has 2 aromatic carbocycles. The molecule has 0 radical (unpaired) electrons. The molecule has 0 atom stereocenters. The van der Waals surface area contributed by atoms with Gasteiger partial charge in [0.1, 0.15) is 23.0 Å². The van der Waals surface area contributed by atoms with Gasteiger partial charge in [-0.3, -0.25) is 4.79 Å². The fourth-order valence-corrected chi connectivity index (χ4v) is 3.58. The van der Waals surface area contributed by atoms with Gasteiger partial charge in [-0.25, -0.2) is 4.68 Å². The summed E-state index contributed by atoms with van der Waals surface area (Å²) in [6.45, 7) is 4.32. The molecule has 0 aliphatic rings. The molecular formula is C25H25N3O4. The minimum Gasteiger partial charge on any atom is -0.497 e. The first-order valence-corrected chi connectivity index (χ1v) is 10.2. The Bertz CT molecular complexity index is 1240. The fraction of sp³-hybridized carbons (Fsp3) is 0.200. The lowest BCUT2D eigenvalue weighted by Gasteiger charge is -2.11. The maximum absolute atomic E-state index is 13.1. The zero-order chi connectivity index (χ0) is 22.7. The molecule has 0 saturated carbocycles. The Hall–Kier alpha value is -4.00. The Morgan fingerprint density at radius 1 is 1.06 bits per heavy atom. The number of benzene rings is 2. The molecule has 2 heterocycles. The zero-order valence-corrected chi connectivity index (χ0v) is 18.5. The van der Waals surface area contributed by atoms with Crippen molar-refractivity contribution in [2.75, 3.05) is 14.2 Å². The number of carbonyl (C=O) groups is 1. The molecule has 1 amide bonds. The van der Waals surface area contributed by atoms with Crippen molar-refractivity contribution in [2.24, 2.45) is 0 Å². The SMILES string of the molecule is COc1ccc(-c2cc(C(=O)NCc3ccco3)n(-c3ccc(C)cc3C)n2)c(OC)c1. The highest BCUT2D eigenvalue weighted by atomic mass is 16.5. The van der Waals surface area contributed by atoms with Crippen LogP contribution in [0.25, 0.3) is 16.9 Å². The van der Waals surface area contributed by atoms with Crippen LogP contribution < -0.4 is 14.8 Å². The lowest BCUT2D eigenvalue weighted by Crippen LogP contribution is -2.25. The van der Waals surface area contributed by atoms with E-state index in [4.69, 9.17) is 19.0 Å². The van der Waals surface area contributed by atoms with Gasteiger partial charge in [-0.05, 0) is 55.8 Å². The van der Waals surface area contributed by atoms with Gasteiger partial charge >= 0.3 is 0 Å². The summed E-state index contributed by atoms with van der Waals surface area (Å²) in [5, 5.41) is 7.69. The first kappa shape index (κ1) is 21.2. The molecule has 0 bridgehead atoms. The molecule has 4 aromatic rings. The van der Waals surface area contributed by atoms with E-state index in [9.17, 15) is 4.79 Å². The number of ether oxygens (including phenoxy) is 2. The standard InChI is InChI=1S/C25H25N3O4/c1-16-7-10-22(17(2)12-16)28-23(25(29)26-15-19-6-5-11-32-19)14-21(27-28)20-9-8-18(30-3)13-24(20)31-4/h5-14H,15H2,1-4H3,(H,26,29). The molecule has 4 rings (SSSR count). The quantitative estimate of drug-likeness (QED) is 0.459. The maximum Gasteiger partial charge on any atom is 0.270 e. The Morgan fingerprint density at radius 2 is 1.91 bits per heavy atom. The van der Waals surface area contributed by atoms with Crippen LogP contribution >= 0.6 is 0 Å². The van der Waals surface area contributed by atoms with E-state index in [-0.39, 0.29) is 12.5 Å². The highest BCUT2D eigenvalue weighted by Gasteiger charge is 2.21. The summed E-state index contributed by atoms with van der Waals surface area (Å²) >= 11 is 0. The monoisotopic (exact) mass is 431 g/mol. The molecule has 0 aliphatic carbocycles. The number of aryl methyl sites for hydroxylation is 2. The minimum atomic E-state index is -0.257. The molecule has 0 spiro atoms. The van der Waals surface area contributed by atoms with Crippen LogP contribution in [0.4, 0.5) is 0 Å². The van der Waals surface area contributed by atoms with E-state index < -0.39 is 0 Å². The molecule has 2 aromatic heterocycles. The van der Waals surface area contributed by atoms with Crippen LogP contribution in [0.3, 0.4) is 0 Å². The van der Waals surface area contributed by atoms with Crippen LogP contribution in [0, 0.1) is 13.8 Å². The molecule has 1 N–H and O–H groups in total. The van der Waals surface area contributed by atoms with Gasteiger partial charge in [0.05, 0.1) is 38.4 Å². The van der Waals surface area contributed by atoms with Gasteiger partial charge in [0.25, 0.3) is 5.91 Å². The molecular weight excluding hydrogens is 406 g/mol. The van der Waals surface area contributed by atoms with Crippen molar-refractivity contribution in [2.45, 2.75) is 20.4 Å². The van der Waals surface area contributed by atoms with Gasteiger partial charge in [0, 0.05) is 11.6 Å². The van der Waals surface area contributed by atoms with Crippen molar-refractivity contribution >= 4 is 5.91 Å². The second-order valence-corrected chi connectivity index (χ2v) is 7.44. The summed E-state index contributed by atoms with van der Waals surface area (Å²) in [6, 6.07) is 16.9. The summed E-state index contributed by atoms with van der Waals surface area (Å²) < 4.78 is 17.9. The smallest absolute Gasteiger partial charge is 0.270 e. The number of methoxy groups -OCH3 is 2. The van der Waals surface area contributed by atoms with Crippen LogP contribution in [0.1, 0.15) is 27.4 Å². The van der Waals surface area contributed by atoms with E-state index >= 15 is 0 Å². The predicted octanol–water partition coefficient (Wildman–Crippen LogP) is 4.70. The first-order chi connectivity index (χ1) is 15.5. The van der Waals surface area contributed by atoms with Gasteiger partial charge < -0.3 is 19.2 Å². The van der Waals surface area contributed by atoms with Crippen LogP contribution in [0.15, 0.2) is 65.3 Å². The van der Waals surface area contributed by atoms with E-state index in [0.29, 0.717) is 28.6 Å². The Balaban J connectivity index is 1.79. The molecule has 7 nitrogen and oxygen atoms in total. The van der Waals surface area contributed by atoms with E-state index in [1.807, 2.05) is 44.2 Å². The van der Waals surface area contributed by atoms with Crippen LogP contribution in [0.2, 0.25) is 0 Å². The number of nitrogens with one attached hydrogen (secondary N) is 1. The first-order valence-electron chi connectivity index (χ1n) is 10.2. The zero-order valence-electron chi connectivity index (χ0n) is 18.5. The van der Waals surface area contributed by atoms with Gasteiger partial charge in [0.2, 0.25) is 0 Å². The summed E-state index contributed by atoms with van der Waals surface area (Å²) in [5.41, 5.74) is 4.78. The topological polar surface area (TPSA) is 78.5 Å². The molecule has 0 saturated heterocycles. The van der Waals surface area contributed by atoms with Crippen molar-refractivity contribution in [3.8, 4) is 28.4 Å². The van der Waals surface area contributed by atoms with E-state index in [1.54, 1.807) is 43.4 Å². The number of hydrogen-bond acceptors (Lipinski definition) is 5. The Kier molecular flexibility index (Phi) is 5.98. The van der Waals surface area contributed by atoms with Crippen LogP contribution in [-0.2, 0) is 6.54 Å². The molecule has 0 fully saturated rings. The van der Waals surface area contributed by atoms with Gasteiger partial charge in [-0.1, -0.05) is 17.7 Å². The summed E-state index contributed by atoms with van der Waals surface area (Å²) in [6.07, 6.45) is 1.58. The third-order valence-electron chi connectivity index (χ3n) is 5.21. The van der Waals surface area contributed by atoms with Crippen molar-refractivity contribution in [3.05, 3.63) is 83.4 Å². The molecule has 164 valence electrons. The van der Waals surface area contributed by atoms with Crippen LogP contribution in [0.5, 0.6) is 11.5 Å². The number of amides is 1. The number of rotatable bonds is 7. The predicted molar refractivity (Wildman–Crippen MR) is 121 cm³/mol. The number of carbonyl (C=O) groups excluding carboxylic acids is 1. The average Bonchev–Trinajstić information content (AvgIpc) is 3.47. The molecule has 7 heteroatoms. The number of hydrogen-bond donors (Lipinski definition) is 1. The highest BCUT2D eigenvalue weighted by Crippen LogP contribution is 2.33. The molecule has 0 unspecified atom stereocenters. The van der Waals surface area contributed by atoms with Crippen LogP contribution in [-0.4, -0.2) is 29.9 Å². The summed E-state index contributed by atoms with van der Waals surface area (Å²) in [4.78, 5) is 13.1. The lowest BCUT2D eigenvalue weighted by atomic mass is 10.1. The Labute approximate surface area is 186 Å². The highest BCUT2D eigenvalue weighted by molar-refractivity contribution is 5.94. The second kappa shape index (κ2) is 9.01. The van der Waals surface area contributed by atoms with Gasteiger partial charge in [-0.2, -0.15) is 5.10 Å². The second-order valence-electron chi connectivity index (χ2n) is 7.44. The fourth-order valence-electron chi connectivity index (χ4n) is 3.58. The third-order valence-corrected chi connectivity index (χ3v) is 5.21. The van der Waals surface area contributed by atoms with Crippen molar-refractivity contribution in [1.82, 2.24) is 15.1 Å². The minimum absolute atomic E-state index is 0.257. The van der Waals surface area contributed by atoms with Gasteiger partial charge in [-0.15, -0.1) is 0 Å². The van der Waals surface area contributed by atoms with Crippen molar-refractivity contribution in [3.63, 3.8) is 0 Å². The van der Waals surface area contributed by atoms with E-state index in [2.05, 4.69) is 11.4 Å². The average molecular weight is 431 g/mol. The largest absolute Gasteiger partial charge is 0.497 e. The number of aromatic nitrogens is 2. The Morgan fingerprint density at radius 3 is 2.59 bits per heavy atom. The maximum atomic E-state index is 13.1. The summed E-state index contributed by atoms with van der Waals surface area (Å²) in [7, 11) is 3.20. The van der Waals surface area contributed by atoms with E-state index in [1.165, 1.54) is 0 Å². The van der Waals surface area contributed by atoms with Gasteiger partial charge in [0.15, 0.2) is 0 Å². The normalized spacial score (nSPS) is 10.8. The summed E-state index contributed by atoms with van der Waals surface area (Å²) in [5.74, 6) is 1.70. The number of furan rings is 1. The molecule has 32 heavy (non-hydrogen) atoms. The third kappa shape index (κ3) is 4.23. The van der Waals surface area contributed by atoms with E-state index in [0.717, 1.165) is 22.4 Å². The number of nitrogens with zero attached hydrogens (tertiary/aromatic N) is 2. The lowest BCUT2D eigenvalue weighted by molar-refractivity contribution is 0.0940. The molecule has 0 aliphatic heterocycles. The van der Waals surface area contributed by atoms with Crippen molar-refractivity contribution in [1.29, 1.82) is 0 Å². The van der Waals surface area contributed by atoms with Crippen molar-refractivity contribution < 1.29 is 18.7 Å².